The second-order valence-electron chi connectivity index (χ2n) is 6.84. The van der Waals surface area contributed by atoms with Gasteiger partial charge in [-0.3, -0.25) is 4.79 Å². The first-order valence-electron chi connectivity index (χ1n) is 8.52. The second-order valence-corrected chi connectivity index (χ2v) is 6.84. The van der Waals surface area contributed by atoms with E-state index in [-0.39, 0.29) is 18.0 Å². The van der Waals surface area contributed by atoms with Crippen LogP contribution in [0.25, 0.3) is 0 Å². The topological polar surface area (TPSA) is 64.8 Å². The highest BCUT2D eigenvalue weighted by Crippen LogP contribution is 2.30. The van der Waals surface area contributed by atoms with Gasteiger partial charge in [0.25, 0.3) is 0 Å². The number of carbonyl (C=O) groups is 1. The van der Waals surface area contributed by atoms with Crippen LogP contribution in [-0.2, 0) is 14.3 Å². The molecule has 1 aromatic rings. The first-order valence-corrected chi connectivity index (χ1v) is 8.52. The van der Waals surface area contributed by atoms with Crippen LogP contribution >= 0.6 is 0 Å². The SMILES string of the molecule is COC(=O)CC(C)c1ccc(N(CC(C)C)CC(C)OC)c(N)c1. The van der Waals surface area contributed by atoms with Crippen molar-refractivity contribution in [1.29, 1.82) is 0 Å². The predicted molar refractivity (Wildman–Crippen MR) is 99.4 cm³/mol. The number of nitrogens with two attached hydrogens (primary N) is 1. The standard InChI is InChI=1S/C19H32N2O3/c1-13(2)11-21(12-15(4)23-5)18-8-7-16(10-17(18)20)14(3)9-19(22)24-6/h7-8,10,13-15H,9,11-12,20H2,1-6H3. The minimum absolute atomic E-state index is 0.0743. The predicted octanol–water partition coefficient (Wildman–Crippen LogP) is 3.43. The smallest absolute Gasteiger partial charge is 0.306 e. The third-order valence-corrected chi connectivity index (χ3v) is 4.13. The summed E-state index contributed by atoms with van der Waals surface area (Å²) in [6.45, 7) is 10.1. The number of carbonyl (C=O) groups excluding carboxylic acids is 1. The van der Waals surface area contributed by atoms with Crippen LogP contribution in [0.3, 0.4) is 0 Å². The zero-order chi connectivity index (χ0) is 18.3. The van der Waals surface area contributed by atoms with Gasteiger partial charge in [0.05, 0.1) is 31.0 Å². The maximum Gasteiger partial charge on any atom is 0.306 e. The number of esters is 1. The van der Waals surface area contributed by atoms with Gasteiger partial charge in [0, 0.05) is 20.2 Å². The van der Waals surface area contributed by atoms with Crippen molar-refractivity contribution in [2.45, 2.75) is 46.1 Å². The van der Waals surface area contributed by atoms with Gasteiger partial charge in [0.1, 0.15) is 0 Å². The number of methoxy groups -OCH3 is 2. The van der Waals surface area contributed by atoms with Crippen molar-refractivity contribution in [1.82, 2.24) is 0 Å². The van der Waals surface area contributed by atoms with Crippen molar-refractivity contribution >= 4 is 17.3 Å². The maximum atomic E-state index is 11.5. The van der Waals surface area contributed by atoms with Gasteiger partial charge in [0.15, 0.2) is 0 Å². The molecular formula is C19H32N2O3. The molecule has 0 aliphatic carbocycles. The molecule has 5 heteroatoms. The summed E-state index contributed by atoms with van der Waals surface area (Å²) in [5, 5.41) is 0. The van der Waals surface area contributed by atoms with E-state index in [9.17, 15) is 4.79 Å². The van der Waals surface area contributed by atoms with Crippen LogP contribution in [-0.4, -0.2) is 39.4 Å². The molecule has 136 valence electrons. The highest BCUT2D eigenvalue weighted by atomic mass is 16.5. The molecule has 0 spiro atoms. The Labute approximate surface area is 146 Å². The van der Waals surface area contributed by atoms with E-state index < -0.39 is 0 Å². The first-order chi connectivity index (χ1) is 11.3. The number of ether oxygens (including phenoxy) is 2. The summed E-state index contributed by atoms with van der Waals surface area (Å²) in [7, 11) is 3.13. The van der Waals surface area contributed by atoms with E-state index in [4.69, 9.17) is 15.2 Å². The Morgan fingerprint density at radius 2 is 1.83 bits per heavy atom. The van der Waals surface area contributed by atoms with Crippen molar-refractivity contribution in [3.63, 3.8) is 0 Å². The number of nitrogen functional groups attached to an aromatic ring is 1. The molecule has 2 atom stereocenters. The lowest BCUT2D eigenvalue weighted by molar-refractivity contribution is -0.140. The summed E-state index contributed by atoms with van der Waals surface area (Å²) in [5.41, 5.74) is 9.11. The van der Waals surface area contributed by atoms with E-state index in [1.165, 1.54) is 7.11 Å². The molecule has 0 aliphatic heterocycles. The molecule has 2 unspecified atom stereocenters. The molecule has 0 aromatic heterocycles. The first kappa shape index (κ1) is 20.3. The van der Waals surface area contributed by atoms with E-state index in [0.29, 0.717) is 12.3 Å². The number of hydrogen-bond acceptors (Lipinski definition) is 5. The van der Waals surface area contributed by atoms with Crippen LogP contribution in [0.2, 0.25) is 0 Å². The van der Waals surface area contributed by atoms with Crippen molar-refractivity contribution in [2.24, 2.45) is 5.92 Å². The van der Waals surface area contributed by atoms with Gasteiger partial charge in [-0.2, -0.15) is 0 Å². The van der Waals surface area contributed by atoms with E-state index in [1.54, 1.807) is 7.11 Å². The zero-order valence-electron chi connectivity index (χ0n) is 15.8. The molecule has 1 aromatic carbocycles. The zero-order valence-corrected chi connectivity index (χ0v) is 15.8. The number of anilines is 2. The van der Waals surface area contributed by atoms with Crippen molar-refractivity contribution in [3.05, 3.63) is 23.8 Å². The lowest BCUT2D eigenvalue weighted by Gasteiger charge is -2.30. The molecule has 1 rings (SSSR count). The van der Waals surface area contributed by atoms with Crippen molar-refractivity contribution in [3.8, 4) is 0 Å². The van der Waals surface area contributed by atoms with Crippen LogP contribution in [0.1, 0.15) is 45.6 Å². The second kappa shape index (κ2) is 9.52. The Morgan fingerprint density at radius 1 is 1.17 bits per heavy atom. The van der Waals surface area contributed by atoms with E-state index in [1.807, 2.05) is 25.1 Å². The molecule has 2 N–H and O–H groups in total. The van der Waals surface area contributed by atoms with Gasteiger partial charge >= 0.3 is 5.97 Å². The molecule has 0 bridgehead atoms. The van der Waals surface area contributed by atoms with E-state index in [2.05, 4.69) is 25.7 Å². The van der Waals surface area contributed by atoms with Crippen LogP contribution in [0.4, 0.5) is 11.4 Å². The lowest BCUT2D eigenvalue weighted by atomic mass is 9.96. The maximum absolute atomic E-state index is 11.5. The summed E-state index contributed by atoms with van der Waals surface area (Å²) < 4.78 is 10.1. The molecule has 24 heavy (non-hydrogen) atoms. The fourth-order valence-electron chi connectivity index (χ4n) is 2.72. The fraction of sp³-hybridized carbons (Fsp3) is 0.632. The van der Waals surface area contributed by atoms with Gasteiger partial charge in [-0.15, -0.1) is 0 Å². The van der Waals surface area contributed by atoms with E-state index >= 15 is 0 Å². The Bertz CT molecular complexity index is 531. The third kappa shape index (κ3) is 6.04. The molecule has 5 nitrogen and oxygen atoms in total. The average Bonchev–Trinajstić information content (AvgIpc) is 2.53. The molecule has 0 saturated carbocycles. The summed E-state index contributed by atoms with van der Waals surface area (Å²) in [6, 6.07) is 6.06. The summed E-state index contributed by atoms with van der Waals surface area (Å²) in [4.78, 5) is 13.7. The molecule has 0 amide bonds. The Morgan fingerprint density at radius 3 is 2.33 bits per heavy atom. The Hall–Kier alpha value is -1.75. The van der Waals surface area contributed by atoms with Crippen LogP contribution < -0.4 is 10.6 Å². The minimum atomic E-state index is -0.208. The summed E-state index contributed by atoms with van der Waals surface area (Å²) >= 11 is 0. The molecule has 0 heterocycles. The highest BCUT2D eigenvalue weighted by molar-refractivity contribution is 5.72. The van der Waals surface area contributed by atoms with E-state index in [0.717, 1.165) is 30.0 Å². The molecule has 0 radical (unpaired) electrons. The van der Waals surface area contributed by atoms with Crippen LogP contribution in [0.5, 0.6) is 0 Å². The molecular weight excluding hydrogens is 304 g/mol. The summed E-state index contributed by atoms with van der Waals surface area (Å²) in [6.07, 6.45) is 0.479. The number of benzene rings is 1. The average molecular weight is 336 g/mol. The number of nitrogens with zero attached hydrogens (tertiary/aromatic N) is 1. The van der Waals surface area contributed by atoms with Gasteiger partial charge < -0.3 is 20.1 Å². The van der Waals surface area contributed by atoms with Crippen molar-refractivity contribution < 1.29 is 14.3 Å². The minimum Gasteiger partial charge on any atom is -0.469 e. The number of hydrogen-bond donors (Lipinski definition) is 1. The van der Waals surface area contributed by atoms with Gasteiger partial charge in [-0.25, -0.2) is 0 Å². The fourth-order valence-corrected chi connectivity index (χ4v) is 2.72. The quantitative estimate of drug-likeness (QED) is 0.553. The third-order valence-electron chi connectivity index (χ3n) is 4.13. The Kier molecular flexibility index (Phi) is 8.05. The molecule has 0 aliphatic rings. The lowest BCUT2D eigenvalue weighted by Crippen LogP contribution is -2.35. The summed E-state index contributed by atoms with van der Waals surface area (Å²) in [5.74, 6) is 0.386. The largest absolute Gasteiger partial charge is 0.469 e. The van der Waals surface area contributed by atoms with Gasteiger partial charge in [-0.05, 0) is 36.5 Å². The molecule has 0 saturated heterocycles. The number of rotatable bonds is 9. The normalized spacial score (nSPS) is 13.6. The molecule has 0 fully saturated rings. The highest BCUT2D eigenvalue weighted by Gasteiger charge is 2.17. The van der Waals surface area contributed by atoms with Crippen LogP contribution in [0.15, 0.2) is 18.2 Å². The van der Waals surface area contributed by atoms with Gasteiger partial charge in [-0.1, -0.05) is 26.8 Å². The van der Waals surface area contributed by atoms with Crippen molar-refractivity contribution in [2.75, 3.05) is 37.9 Å². The van der Waals surface area contributed by atoms with Crippen LogP contribution in [0, 0.1) is 5.92 Å². The van der Waals surface area contributed by atoms with Gasteiger partial charge in [0.2, 0.25) is 0 Å². The Balaban J connectivity index is 2.99. The monoisotopic (exact) mass is 336 g/mol.